The van der Waals surface area contributed by atoms with Crippen LogP contribution in [0.1, 0.15) is 26.3 Å². The third-order valence-electron chi connectivity index (χ3n) is 4.11. The number of quaternary nitrogens is 2. The summed E-state index contributed by atoms with van der Waals surface area (Å²) in [7, 11) is 0. The van der Waals surface area contributed by atoms with E-state index >= 15 is 0 Å². The number of ether oxygens (including phenoxy) is 1. The maximum atomic E-state index is 11.0. The Kier molecular flexibility index (Phi) is 7.02. The number of carbonyl (C=O) groups excluding carboxylic acids is 1. The van der Waals surface area contributed by atoms with Crippen LogP contribution in [0.4, 0.5) is 5.69 Å². The number of hydrogen-bond donors (Lipinski definition) is 3. The van der Waals surface area contributed by atoms with Gasteiger partial charge in [-0.25, -0.2) is 0 Å². The van der Waals surface area contributed by atoms with Gasteiger partial charge in [-0.05, 0) is 12.1 Å². The summed E-state index contributed by atoms with van der Waals surface area (Å²) < 4.78 is 5.89. The normalized spacial score (nSPS) is 21.4. The van der Waals surface area contributed by atoms with Gasteiger partial charge >= 0.3 is 0 Å². The maximum absolute atomic E-state index is 11.0. The number of hydrogen-bond acceptors (Lipinski definition) is 2. The van der Waals surface area contributed by atoms with Gasteiger partial charge in [0.05, 0.1) is 13.2 Å². The van der Waals surface area contributed by atoms with Crippen molar-refractivity contribution in [2.45, 2.75) is 33.4 Å². The van der Waals surface area contributed by atoms with E-state index in [1.54, 1.807) is 4.90 Å². The summed E-state index contributed by atoms with van der Waals surface area (Å²) in [6.45, 7) is 12.4. The second-order valence-electron chi connectivity index (χ2n) is 6.90. The minimum absolute atomic E-state index is 0.0350. The molecule has 1 aromatic carbocycles. The Balaban J connectivity index is 1.71. The first kappa shape index (κ1) is 17.9. The molecule has 1 unspecified atom stereocenters. The van der Waals surface area contributed by atoms with E-state index in [-0.39, 0.29) is 5.91 Å². The van der Waals surface area contributed by atoms with Gasteiger partial charge in [0.15, 0.2) is 6.10 Å². The van der Waals surface area contributed by atoms with Crippen molar-refractivity contribution in [1.82, 2.24) is 0 Å². The monoisotopic (exact) mass is 321 g/mol. The summed E-state index contributed by atoms with van der Waals surface area (Å²) in [5.41, 5.74) is 2.12. The zero-order chi connectivity index (χ0) is 16.7. The van der Waals surface area contributed by atoms with E-state index in [0.29, 0.717) is 6.10 Å². The molecule has 1 saturated heterocycles. The second-order valence-corrected chi connectivity index (χ2v) is 6.90. The van der Waals surface area contributed by atoms with Crippen LogP contribution < -0.4 is 15.5 Å². The molecule has 1 fully saturated rings. The number of nitrogens with two attached hydrogens (primary N) is 1. The number of benzene rings is 1. The van der Waals surface area contributed by atoms with Gasteiger partial charge in [0.2, 0.25) is 5.91 Å². The summed E-state index contributed by atoms with van der Waals surface area (Å²) in [5.74, 6) is 0.710. The minimum Gasteiger partial charge on any atom is -0.361 e. The Morgan fingerprint density at radius 2 is 2.13 bits per heavy atom. The lowest BCUT2D eigenvalue weighted by atomic mass is 10.1. The highest BCUT2D eigenvalue weighted by atomic mass is 16.5. The molecule has 0 aliphatic carbocycles. The van der Waals surface area contributed by atoms with Gasteiger partial charge in [-0.2, -0.15) is 0 Å². The molecular weight excluding hydrogens is 290 g/mol. The summed E-state index contributed by atoms with van der Waals surface area (Å²) in [5, 5.41) is 5.10. The van der Waals surface area contributed by atoms with Crippen molar-refractivity contribution in [3.05, 3.63) is 29.8 Å². The molecule has 4 N–H and O–H groups in total. The van der Waals surface area contributed by atoms with E-state index in [4.69, 9.17) is 4.74 Å². The first-order valence-corrected chi connectivity index (χ1v) is 8.66. The fraction of sp³-hybridized carbons (Fsp3) is 0.611. The Morgan fingerprint density at radius 1 is 1.39 bits per heavy atom. The van der Waals surface area contributed by atoms with Crippen molar-refractivity contribution < 1.29 is 19.7 Å². The largest absolute Gasteiger partial charge is 0.361 e. The average Bonchev–Trinajstić information content (AvgIpc) is 2.48. The number of anilines is 1. The van der Waals surface area contributed by atoms with Gasteiger partial charge in [0, 0.05) is 24.1 Å². The van der Waals surface area contributed by atoms with Crippen LogP contribution >= 0.6 is 0 Å². The summed E-state index contributed by atoms with van der Waals surface area (Å²) in [4.78, 5) is 12.7. The van der Waals surface area contributed by atoms with E-state index in [1.165, 1.54) is 19.0 Å². The average molecular weight is 321 g/mol. The van der Waals surface area contributed by atoms with Crippen LogP contribution in [0.2, 0.25) is 0 Å². The Labute approximate surface area is 139 Å². The summed E-state index contributed by atoms with van der Waals surface area (Å²) >= 11 is 0. The highest BCUT2D eigenvalue weighted by Crippen LogP contribution is 2.08. The number of nitrogens with one attached hydrogen (secondary N) is 2. The van der Waals surface area contributed by atoms with Crippen LogP contribution in [-0.2, 0) is 16.1 Å². The molecule has 0 spiro atoms. The van der Waals surface area contributed by atoms with Gasteiger partial charge in [0.25, 0.3) is 0 Å². The first-order valence-electron chi connectivity index (χ1n) is 8.66. The lowest BCUT2D eigenvalue weighted by molar-refractivity contribution is -0.917. The Hall–Kier alpha value is -1.43. The highest BCUT2D eigenvalue weighted by molar-refractivity contribution is 5.88. The zero-order valence-electron chi connectivity index (χ0n) is 14.6. The van der Waals surface area contributed by atoms with E-state index in [0.717, 1.165) is 44.4 Å². The Bertz CT molecular complexity index is 488. The van der Waals surface area contributed by atoms with Gasteiger partial charge in [-0.3, -0.25) is 4.79 Å². The fourth-order valence-corrected chi connectivity index (χ4v) is 3.13. The van der Waals surface area contributed by atoms with Crippen LogP contribution in [0.3, 0.4) is 0 Å². The van der Waals surface area contributed by atoms with E-state index in [2.05, 4.69) is 36.6 Å². The molecule has 128 valence electrons. The molecular formula is C18H31N3O2+2. The quantitative estimate of drug-likeness (QED) is 0.643. The van der Waals surface area contributed by atoms with Gasteiger partial charge in [0.1, 0.15) is 26.2 Å². The molecule has 1 aliphatic heterocycles. The molecule has 2 rings (SSSR count). The van der Waals surface area contributed by atoms with Crippen molar-refractivity contribution in [1.29, 1.82) is 0 Å². The van der Waals surface area contributed by atoms with Gasteiger partial charge < -0.3 is 20.3 Å². The van der Waals surface area contributed by atoms with Crippen molar-refractivity contribution in [3.8, 4) is 0 Å². The molecule has 2 atom stereocenters. The minimum atomic E-state index is -0.0350. The van der Waals surface area contributed by atoms with Crippen molar-refractivity contribution in [2.24, 2.45) is 5.92 Å². The van der Waals surface area contributed by atoms with Crippen LogP contribution in [0.5, 0.6) is 0 Å². The molecule has 0 radical (unpaired) electrons. The molecule has 1 aromatic rings. The smallest absolute Gasteiger partial charge is 0.221 e. The third-order valence-corrected chi connectivity index (χ3v) is 4.11. The predicted molar refractivity (Wildman–Crippen MR) is 91.4 cm³/mol. The Morgan fingerprint density at radius 3 is 2.78 bits per heavy atom. The molecule has 1 amide bonds. The number of morpholine rings is 1. The van der Waals surface area contributed by atoms with Gasteiger partial charge in [-0.15, -0.1) is 0 Å². The fourth-order valence-electron chi connectivity index (χ4n) is 3.13. The SMILES string of the molecule is CC(=O)Nc1ccc(C[NH2+]C[C@@H]2C[NH+](CC(C)C)CCO2)cc1. The third kappa shape index (κ3) is 6.69. The van der Waals surface area contributed by atoms with E-state index < -0.39 is 0 Å². The van der Waals surface area contributed by atoms with Crippen LogP contribution in [0.25, 0.3) is 0 Å². The van der Waals surface area contributed by atoms with Gasteiger partial charge in [-0.1, -0.05) is 26.0 Å². The lowest BCUT2D eigenvalue weighted by Gasteiger charge is -2.30. The second kappa shape index (κ2) is 9.01. The zero-order valence-corrected chi connectivity index (χ0v) is 14.6. The molecule has 23 heavy (non-hydrogen) atoms. The lowest BCUT2D eigenvalue weighted by Crippen LogP contribution is -3.16. The molecule has 5 heteroatoms. The molecule has 0 saturated carbocycles. The number of carbonyl (C=O) groups is 1. The molecule has 0 bridgehead atoms. The number of amides is 1. The molecule has 0 aromatic heterocycles. The molecule has 1 aliphatic rings. The predicted octanol–water partition coefficient (Wildman–Crippen LogP) is -0.352. The van der Waals surface area contributed by atoms with Crippen molar-refractivity contribution in [3.63, 3.8) is 0 Å². The standard InChI is InChI=1S/C18H29N3O2/c1-14(2)12-21-8-9-23-18(13-21)11-19-10-16-4-6-17(7-5-16)20-15(3)22/h4-7,14,18-19H,8-13H2,1-3H3,(H,20,22)/p+2/t18-/m1/s1. The summed E-state index contributed by atoms with van der Waals surface area (Å²) in [6.07, 6.45) is 0.358. The summed E-state index contributed by atoms with van der Waals surface area (Å²) in [6, 6.07) is 8.05. The molecule has 1 heterocycles. The van der Waals surface area contributed by atoms with Crippen molar-refractivity contribution >= 4 is 11.6 Å². The first-order chi connectivity index (χ1) is 11.0. The highest BCUT2D eigenvalue weighted by Gasteiger charge is 2.25. The van der Waals surface area contributed by atoms with Crippen LogP contribution in [0, 0.1) is 5.92 Å². The molecule has 5 nitrogen and oxygen atoms in total. The van der Waals surface area contributed by atoms with Crippen molar-refractivity contribution in [2.75, 3.05) is 38.1 Å². The van der Waals surface area contributed by atoms with Crippen LogP contribution in [-0.4, -0.2) is 44.8 Å². The topological polar surface area (TPSA) is 59.4 Å². The van der Waals surface area contributed by atoms with Crippen LogP contribution in [0.15, 0.2) is 24.3 Å². The maximum Gasteiger partial charge on any atom is 0.221 e. The number of rotatable bonds is 7. The van der Waals surface area contributed by atoms with E-state index in [9.17, 15) is 4.79 Å². The van der Waals surface area contributed by atoms with E-state index in [1.807, 2.05) is 12.1 Å².